The molecule has 2 amide bonds. The van der Waals surface area contributed by atoms with Crippen LogP contribution in [0.2, 0.25) is 0 Å². The summed E-state index contributed by atoms with van der Waals surface area (Å²) in [7, 11) is 0. The molecule has 0 radical (unpaired) electrons. The van der Waals surface area contributed by atoms with Crippen LogP contribution in [-0.4, -0.2) is 36.3 Å². The number of carbonyl (C=O) groups excluding carboxylic acids is 2. The Hall–Kier alpha value is -2.63. The lowest BCUT2D eigenvalue weighted by Crippen LogP contribution is -2.38. The predicted octanol–water partition coefficient (Wildman–Crippen LogP) is 3.02. The van der Waals surface area contributed by atoms with Crippen LogP contribution in [0.5, 0.6) is 11.5 Å². The topological polar surface area (TPSA) is 68.2 Å². The Kier molecular flexibility index (Phi) is 4.72. The Morgan fingerprint density at radius 2 is 1.67 bits per heavy atom. The van der Waals surface area contributed by atoms with Crippen molar-refractivity contribution in [3.8, 4) is 11.5 Å². The number of ether oxygens (including phenoxy) is 2. The smallest absolute Gasteiger partial charge is 0.254 e. The lowest BCUT2D eigenvalue weighted by Gasteiger charge is -2.37. The Morgan fingerprint density at radius 1 is 1.04 bits per heavy atom. The van der Waals surface area contributed by atoms with Gasteiger partial charge in [-0.05, 0) is 50.7 Å². The third-order valence-corrected chi connectivity index (χ3v) is 5.64. The molecule has 1 aliphatic heterocycles. The van der Waals surface area contributed by atoms with Crippen molar-refractivity contribution in [2.24, 2.45) is 28.8 Å². The maximum Gasteiger partial charge on any atom is 0.254 e. The number of fused-ring (bicyclic) bond motifs is 1. The molecular formula is C21H24N2O4. The number of hydrazone groups is 1. The molecule has 0 spiro atoms. The first-order valence-corrected chi connectivity index (χ1v) is 9.63. The summed E-state index contributed by atoms with van der Waals surface area (Å²) in [5, 5.41) is 5.32. The molecule has 142 valence electrons. The van der Waals surface area contributed by atoms with Crippen LogP contribution in [0.1, 0.15) is 32.3 Å². The second-order valence-corrected chi connectivity index (χ2v) is 7.14. The predicted molar refractivity (Wildman–Crippen MR) is 101 cm³/mol. The van der Waals surface area contributed by atoms with Gasteiger partial charge in [0, 0.05) is 11.6 Å². The lowest BCUT2D eigenvalue weighted by atomic mass is 9.63. The van der Waals surface area contributed by atoms with E-state index in [2.05, 4.69) is 17.3 Å². The zero-order chi connectivity index (χ0) is 19.0. The van der Waals surface area contributed by atoms with Crippen molar-refractivity contribution in [3.63, 3.8) is 0 Å². The number of allylic oxidation sites excluding steroid dienone is 2. The number of amides is 2. The van der Waals surface area contributed by atoms with Gasteiger partial charge in [0.05, 0.1) is 31.3 Å². The van der Waals surface area contributed by atoms with E-state index in [1.165, 1.54) is 6.21 Å². The van der Waals surface area contributed by atoms with Crippen LogP contribution in [0.25, 0.3) is 0 Å². The van der Waals surface area contributed by atoms with Crippen molar-refractivity contribution in [1.82, 2.24) is 5.01 Å². The van der Waals surface area contributed by atoms with Crippen molar-refractivity contribution in [2.45, 2.75) is 26.7 Å². The van der Waals surface area contributed by atoms with Crippen LogP contribution in [-0.2, 0) is 9.59 Å². The highest BCUT2D eigenvalue weighted by atomic mass is 16.5. The lowest BCUT2D eigenvalue weighted by molar-refractivity contribution is -0.140. The Labute approximate surface area is 158 Å². The number of rotatable bonds is 6. The van der Waals surface area contributed by atoms with Gasteiger partial charge in [-0.3, -0.25) is 9.59 Å². The normalized spacial score (nSPS) is 28.9. The van der Waals surface area contributed by atoms with Gasteiger partial charge in [-0.25, -0.2) is 0 Å². The van der Waals surface area contributed by atoms with E-state index in [1.807, 2.05) is 26.0 Å². The summed E-state index contributed by atoms with van der Waals surface area (Å²) in [6.07, 6.45) is 7.70. The molecule has 1 heterocycles. The fraction of sp³-hybridized carbons (Fsp3) is 0.476. The molecule has 4 aliphatic rings. The van der Waals surface area contributed by atoms with E-state index < -0.39 is 0 Å². The van der Waals surface area contributed by atoms with Crippen LogP contribution >= 0.6 is 0 Å². The van der Waals surface area contributed by atoms with Gasteiger partial charge in [-0.15, -0.1) is 0 Å². The van der Waals surface area contributed by atoms with Crippen LogP contribution < -0.4 is 9.47 Å². The molecule has 1 saturated heterocycles. The first-order chi connectivity index (χ1) is 13.1. The SMILES string of the molecule is CCOc1ccc(/C=N\N2C(=O)[C@@H]3[C@H](C2=O)[C@H]2C=C[C@H]3CC2)c(OCC)c1. The molecule has 6 heteroatoms. The summed E-state index contributed by atoms with van der Waals surface area (Å²) in [6.45, 7) is 4.88. The Balaban J connectivity index is 1.58. The molecule has 0 N–H and O–H groups in total. The molecule has 1 aromatic rings. The van der Waals surface area contributed by atoms with E-state index in [4.69, 9.17) is 9.47 Å². The highest BCUT2D eigenvalue weighted by Gasteiger charge is 2.56. The summed E-state index contributed by atoms with van der Waals surface area (Å²) in [4.78, 5) is 25.6. The molecule has 3 aliphatic carbocycles. The van der Waals surface area contributed by atoms with Crippen LogP contribution in [0.3, 0.4) is 0 Å². The highest BCUT2D eigenvalue weighted by molar-refractivity contribution is 6.06. The number of carbonyl (C=O) groups is 2. The minimum Gasteiger partial charge on any atom is -0.494 e. The Bertz CT molecular complexity index is 784. The molecule has 4 atom stereocenters. The van der Waals surface area contributed by atoms with Crippen molar-refractivity contribution in [3.05, 3.63) is 35.9 Å². The van der Waals surface area contributed by atoms with Crippen molar-refractivity contribution < 1.29 is 19.1 Å². The van der Waals surface area contributed by atoms with Crippen molar-refractivity contribution >= 4 is 18.0 Å². The third kappa shape index (κ3) is 3.03. The number of hydrogen-bond donors (Lipinski definition) is 0. The molecule has 1 aromatic carbocycles. The third-order valence-electron chi connectivity index (χ3n) is 5.64. The first-order valence-electron chi connectivity index (χ1n) is 9.63. The Morgan fingerprint density at radius 3 is 2.22 bits per heavy atom. The molecule has 27 heavy (non-hydrogen) atoms. The van der Waals surface area contributed by atoms with E-state index in [0.29, 0.717) is 30.3 Å². The van der Waals surface area contributed by atoms with Gasteiger partial charge in [0.15, 0.2) is 0 Å². The van der Waals surface area contributed by atoms with Crippen molar-refractivity contribution in [2.75, 3.05) is 13.2 Å². The number of hydrogen-bond acceptors (Lipinski definition) is 5. The first kappa shape index (κ1) is 17.8. The summed E-state index contributed by atoms with van der Waals surface area (Å²) in [5.74, 6) is 0.816. The standard InChI is InChI=1S/C21H24N2O4/c1-3-26-16-10-9-15(17(11-16)27-4-2)12-22-23-20(24)18-13-5-6-14(8-7-13)19(18)21(23)25/h5-6,9-14,18-19H,3-4,7-8H2,1-2H3/b22-12-/t13-,14-,18-,19+/m0/s1. The molecule has 2 fully saturated rings. The van der Waals surface area contributed by atoms with Gasteiger partial charge in [0.2, 0.25) is 0 Å². The molecular weight excluding hydrogens is 344 g/mol. The average molecular weight is 368 g/mol. The van der Waals surface area contributed by atoms with E-state index in [-0.39, 0.29) is 35.5 Å². The second kappa shape index (κ2) is 7.18. The quantitative estimate of drug-likeness (QED) is 0.440. The monoisotopic (exact) mass is 368 g/mol. The zero-order valence-electron chi connectivity index (χ0n) is 15.6. The van der Waals surface area contributed by atoms with Crippen molar-refractivity contribution in [1.29, 1.82) is 0 Å². The summed E-state index contributed by atoms with van der Waals surface area (Å²) < 4.78 is 11.2. The fourth-order valence-electron chi connectivity index (χ4n) is 4.45. The van der Waals surface area contributed by atoms with Gasteiger partial charge in [-0.1, -0.05) is 12.2 Å². The minimum absolute atomic E-state index is 0.168. The van der Waals surface area contributed by atoms with Crippen LogP contribution in [0, 0.1) is 23.7 Å². The number of nitrogens with zero attached hydrogens (tertiary/aromatic N) is 2. The van der Waals surface area contributed by atoms with Crippen LogP contribution in [0.15, 0.2) is 35.5 Å². The summed E-state index contributed by atoms with van der Waals surface area (Å²) in [6, 6.07) is 5.44. The van der Waals surface area contributed by atoms with Gasteiger partial charge in [0.1, 0.15) is 11.5 Å². The summed E-state index contributed by atoms with van der Waals surface area (Å²) >= 11 is 0. The second-order valence-electron chi connectivity index (χ2n) is 7.14. The van der Waals surface area contributed by atoms with Gasteiger partial charge >= 0.3 is 0 Å². The van der Waals surface area contributed by atoms with E-state index in [1.54, 1.807) is 6.07 Å². The molecule has 1 saturated carbocycles. The van der Waals surface area contributed by atoms with Gasteiger partial charge < -0.3 is 9.47 Å². The maximum atomic E-state index is 12.8. The highest BCUT2D eigenvalue weighted by Crippen LogP contribution is 2.49. The average Bonchev–Trinajstić information content (AvgIpc) is 2.95. The molecule has 0 aromatic heterocycles. The van der Waals surface area contributed by atoms with E-state index in [0.717, 1.165) is 17.9 Å². The minimum atomic E-state index is -0.245. The largest absolute Gasteiger partial charge is 0.494 e. The maximum absolute atomic E-state index is 12.8. The van der Waals surface area contributed by atoms with E-state index >= 15 is 0 Å². The molecule has 5 rings (SSSR count). The molecule has 2 bridgehead atoms. The molecule has 6 nitrogen and oxygen atoms in total. The van der Waals surface area contributed by atoms with E-state index in [9.17, 15) is 9.59 Å². The van der Waals surface area contributed by atoms with Gasteiger partial charge in [0.25, 0.3) is 11.8 Å². The zero-order valence-corrected chi connectivity index (χ0v) is 15.6. The summed E-state index contributed by atoms with van der Waals surface area (Å²) in [5.41, 5.74) is 0.705. The molecule has 0 unspecified atom stereocenters. The fourth-order valence-corrected chi connectivity index (χ4v) is 4.45. The number of benzene rings is 1. The van der Waals surface area contributed by atoms with Gasteiger partial charge in [-0.2, -0.15) is 10.1 Å². The van der Waals surface area contributed by atoms with Crippen LogP contribution in [0.4, 0.5) is 0 Å². The number of imide groups is 1.